The second-order valence-corrected chi connectivity index (χ2v) is 6.87. The molecule has 1 fully saturated rings. The monoisotopic (exact) mass is 389 g/mol. The van der Waals surface area contributed by atoms with Gasteiger partial charge in [0.05, 0.1) is 17.7 Å². The largest absolute Gasteiger partial charge is 0.337 e. The third-order valence-electron chi connectivity index (χ3n) is 4.80. The van der Waals surface area contributed by atoms with Gasteiger partial charge in [0.2, 0.25) is 11.7 Å². The first-order valence-corrected chi connectivity index (χ1v) is 9.14. The van der Waals surface area contributed by atoms with Crippen molar-refractivity contribution in [2.24, 2.45) is 0 Å². The number of amides is 2. The minimum absolute atomic E-state index is 0.0691. The molecular formula is C20H19N7O2. The summed E-state index contributed by atoms with van der Waals surface area (Å²) in [6.45, 7) is 0.656. The Bertz CT molecular complexity index is 1040. The van der Waals surface area contributed by atoms with Gasteiger partial charge in [-0.25, -0.2) is 4.79 Å². The summed E-state index contributed by atoms with van der Waals surface area (Å²) in [5.74, 6) is 1.04. The Morgan fingerprint density at radius 3 is 2.93 bits per heavy atom. The van der Waals surface area contributed by atoms with Gasteiger partial charge in [-0.1, -0.05) is 11.2 Å². The number of likely N-dealkylation sites (tertiary alicyclic amines) is 1. The number of pyridine rings is 1. The zero-order valence-corrected chi connectivity index (χ0v) is 15.7. The number of anilines is 1. The van der Waals surface area contributed by atoms with Crippen LogP contribution in [0.4, 0.5) is 10.5 Å². The molecule has 2 amide bonds. The van der Waals surface area contributed by atoms with Crippen molar-refractivity contribution in [1.29, 1.82) is 5.26 Å². The maximum Gasteiger partial charge on any atom is 0.319 e. The molecule has 3 heterocycles. The Kier molecular flexibility index (Phi) is 5.18. The average Bonchev–Trinajstić information content (AvgIpc) is 3.35. The number of carbonyl (C=O) groups is 1. The molecule has 2 N–H and O–H groups in total. The van der Waals surface area contributed by atoms with E-state index in [2.05, 4.69) is 36.7 Å². The smallest absolute Gasteiger partial charge is 0.319 e. The Morgan fingerprint density at radius 2 is 2.14 bits per heavy atom. The molecule has 2 aromatic heterocycles. The van der Waals surface area contributed by atoms with Crippen LogP contribution in [0.5, 0.6) is 0 Å². The van der Waals surface area contributed by atoms with Gasteiger partial charge in [0, 0.05) is 36.2 Å². The van der Waals surface area contributed by atoms with Gasteiger partial charge in [0.25, 0.3) is 0 Å². The molecule has 0 aliphatic carbocycles. The van der Waals surface area contributed by atoms with E-state index in [4.69, 9.17) is 9.78 Å². The van der Waals surface area contributed by atoms with Gasteiger partial charge < -0.3 is 15.2 Å². The summed E-state index contributed by atoms with van der Waals surface area (Å²) >= 11 is 0. The number of nitrogens with one attached hydrogen (secondary N) is 2. The number of nitriles is 1. The van der Waals surface area contributed by atoms with Crippen molar-refractivity contribution in [1.82, 2.24) is 25.3 Å². The lowest BCUT2D eigenvalue weighted by Gasteiger charge is -2.14. The SMILES string of the molecule is CN1C[C@@H](NC(=O)Nc2cccc(C#N)c2)C[C@H]1c1nc(-c2ccncc2)no1. The molecule has 4 rings (SSSR count). The van der Waals surface area contributed by atoms with E-state index in [-0.39, 0.29) is 18.1 Å². The maximum atomic E-state index is 12.3. The lowest BCUT2D eigenvalue weighted by atomic mass is 10.1. The first kappa shape index (κ1) is 18.6. The lowest BCUT2D eigenvalue weighted by molar-refractivity contribution is 0.243. The van der Waals surface area contributed by atoms with Gasteiger partial charge in [0.1, 0.15) is 0 Å². The quantitative estimate of drug-likeness (QED) is 0.703. The van der Waals surface area contributed by atoms with Crippen LogP contribution in [0.25, 0.3) is 11.4 Å². The predicted molar refractivity (Wildman–Crippen MR) is 105 cm³/mol. The second kappa shape index (κ2) is 8.08. The molecule has 1 saturated heterocycles. The van der Waals surface area contributed by atoms with Crippen LogP contribution in [0.15, 0.2) is 53.3 Å². The van der Waals surface area contributed by atoms with Crippen molar-refractivity contribution >= 4 is 11.7 Å². The van der Waals surface area contributed by atoms with E-state index in [1.165, 1.54) is 0 Å². The number of likely N-dealkylation sites (N-methyl/N-ethyl adjacent to an activating group) is 1. The van der Waals surface area contributed by atoms with Crippen LogP contribution in [0.2, 0.25) is 0 Å². The summed E-state index contributed by atoms with van der Waals surface area (Å²) in [4.78, 5) is 22.9. The summed E-state index contributed by atoms with van der Waals surface area (Å²) in [5, 5.41) is 18.7. The fraction of sp³-hybridized carbons (Fsp3) is 0.250. The predicted octanol–water partition coefficient (Wildman–Crippen LogP) is 2.57. The first-order valence-electron chi connectivity index (χ1n) is 9.14. The summed E-state index contributed by atoms with van der Waals surface area (Å²) in [7, 11) is 1.96. The molecular weight excluding hydrogens is 370 g/mol. The van der Waals surface area contributed by atoms with Crippen LogP contribution in [0, 0.1) is 11.3 Å². The molecule has 0 saturated carbocycles. The Labute approximate surface area is 167 Å². The van der Waals surface area contributed by atoms with Gasteiger partial charge in [-0.3, -0.25) is 9.88 Å². The molecule has 0 spiro atoms. The van der Waals surface area contributed by atoms with Crippen LogP contribution in [-0.2, 0) is 0 Å². The number of hydrogen-bond donors (Lipinski definition) is 2. The van der Waals surface area contributed by atoms with Gasteiger partial charge >= 0.3 is 6.03 Å². The van der Waals surface area contributed by atoms with Crippen molar-refractivity contribution < 1.29 is 9.32 Å². The van der Waals surface area contributed by atoms with E-state index in [0.717, 1.165) is 5.56 Å². The maximum absolute atomic E-state index is 12.3. The zero-order chi connectivity index (χ0) is 20.2. The number of carbonyl (C=O) groups excluding carboxylic acids is 1. The highest BCUT2D eigenvalue weighted by Crippen LogP contribution is 2.30. The number of nitrogens with zero attached hydrogens (tertiary/aromatic N) is 5. The van der Waals surface area contributed by atoms with E-state index in [9.17, 15) is 4.79 Å². The number of hydrogen-bond acceptors (Lipinski definition) is 7. The van der Waals surface area contributed by atoms with Gasteiger partial charge in [-0.05, 0) is 43.8 Å². The van der Waals surface area contributed by atoms with Gasteiger partial charge in [0.15, 0.2) is 0 Å². The van der Waals surface area contributed by atoms with Crippen LogP contribution < -0.4 is 10.6 Å². The minimum Gasteiger partial charge on any atom is -0.337 e. The zero-order valence-electron chi connectivity index (χ0n) is 15.7. The third kappa shape index (κ3) is 4.23. The standard InChI is InChI=1S/C20H19N7O2/c1-27-12-16(24-20(28)23-15-4-2-3-13(9-15)11-21)10-17(27)19-25-18(26-29-19)14-5-7-22-8-6-14/h2-9,16-17H,10,12H2,1H3,(H2,23,24,28)/t16-,17-/m0/s1. The number of benzene rings is 1. The summed E-state index contributed by atoms with van der Waals surface area (Å²) < 4.78 is 5.47. The van der Waals surface area contributed by atoms with Crippen molar-refractivity contribution in [2.45, 2.75) is 18.5 Å². The van der Waals surface area contributed by atoms with Crippen LogP contribution in [-0.4, -0.2) is 45.7 Å². The van der Waals surface area contributed by atoms with Crippen LogP contribution in [0.3, 0.4) is 0 Å². The molecule has 1 aliphatic heterocycles. The molecule has 3 aromatic rings. The average molecular weight is 389 g/mol. The van der Waals surface area contributed by atoms with Crippen LogP contribution in [0.1, 0.15) is 23.9 Å². The van der Waals surface area contributed by atoms with E-state index >= 15 is 0 Å². The number of aromatic nitrogens is 3. The Hall–Kier alpha value is -3.77. The highest BCUT2D eigenvalue weighted by molar-refractivity contribution is 5.89. The van der Waals surface area contributed by atoms with E-state index in [1.807, 2.05) is 19.2 Å². The fourth-order valence-corrected chi connectivity index (χ4v) is 3.40. The summed E-state index contributed by atoms with van der Waals surface area (Å²) in [5.41, 5.74) is 1.90. The summed E-state index contributed by atoms with van der Waals surface area (Å²) in [6.07, 6.45) is 4.01. The molecule has 0 radical (unpaired) electrons. The Balaban J connectivity index is 1.38. The molecule has 1 aliphatic rings. The fourth-order valence-electron chi connectivity index (χ4n) is 3.40. The molecule has 2 atom stereocenters. The molecule has 29 heavy (non-hydrogen) atoms. The van der Waals surface area contributed by atoms with Crippen molar-refractivity contribution in [3.8, 4) is 17.5 Å². The van der Waals surface area contributed by atoms with Gasteiger partial charge in [-0.15, -0.1) is 0 Å². The number of rotatable bonds is 4. The van der Waals surface area contributed by atoms with E-state index < -0.39 is 0 Å². The molecule has 0 bridgehead atoms. The van der Waals surface area contributed by atoms with Gasteiger partial charge in [-0.2, -0.15) is 10.2 Å². The third-order valence-corrected chi connectivity index (χ3v) is 4.80. The van der Waals surface area contributed by atoms with E-state index in [0.29, 0.717) is 35.9 Å². The van der Waals surface area contributed by atoms with Crippen LogP contribution >= 0.6 is 0 Å². The van der Waals surface area contributed by atoms with E-state index in [1.54, 1.807) is 36.7 Å². The first-order chi connectivity index (χ1) is 14.1. The minimum atomic E-state index is -0.317. The molecule has 1 aromatic carbocycles. The normalized spacial score (nSPS) is 18.9. The molecule has 146 valence electrons. The summed E-state index contributed by atoms with van der Waals surface area (Å²) in [6, 6.07) is 12.0. The highest BCUT2D eigenvalue weighted by Gasteiger charge is 2.35. The molecule has 9 nitrogen and oxygen atoms in total. The topological polar surface area (TPSA) is 120 Å². The second-order valence-electron chi connectivity index (χ2n) is 6.87. The number of urea groups is 1. The van der Waals surface area contributed by atoms with Crippen molar-refractivity contribution in [3.05, 3.63) is 60.2 Å². The Morgan fingerprint density at radius 1 is 1.31 bits per heavy atom. The van der Waals surface area contributed by atoms with Crippen molar-refractivity contribution in [3.63, 3.8) is 0 Å². The van der Waals surface area contributed by atoms with Crippen molar-refractivity contribution in [2.75, 3.05) is 18.9 Å². The molecule has 0 unspecified atom stereocenters. The highest BCUT2D eigenvalue weighted by atomic mass is 16.5. The lowest BCUT2D eigenvalue weighted by Crippen LogP contribution is -2.39. The molecule has 9 heteroatoms.